The molecule has 2 N–H and O–H groups in total. The maximum Gasteiger partial charge on any atom is 0.212 e. The van der Waals surface area contributed by atoms with E-state index >= 15 is 0 Å². The van der Waals surface area contributed by atoms with E-state index in [1.165, 1.54) is 12.1 Å². The van der Waals surface area contributed by atoms with Gasteiger partial charge in [-0.2, -0.15) is 0 Å². The van der Waals surface area contributed by atoms with Gasteiger partial charge < -0.3 is 5.73 Å². The number of rotatable bonds is 3. The number of nitrogens with zero attached hydrogens (tertiary/aromatic N) is 3. The lowest BCUT2D eigenvalue weighted by Gasteiger charge is -2.10. The van der Waals surface area contributed by atoms with Crippen molar-refractivity contribution in [3.63, 3.8) is 0 Å². The molecule has 2 aromatic heterocycles. The predicted octanol–water partition coefficient (Wildman–Crippen LogP) is 4.74. The van der Waals surface area contributed by atoms with Crippen LogP contribution < -0.4 is 5.73 Å². The molecule has 0 spiro atoms. The standard InChI is InChI=1S/C24H19FN4O2S/c1-14-7-10-17(13-15(14)2)29-23(26)22(32(30,31)18-11-8-16(25)9-12-18)21-24(29)28-20-6-4-3-5-19(20)27-21/h3-13H,26H2,1-2H3. The lowest BCUT2D eigenvalue weighted by molar-refractivity contribution is 0.595. The van der Waals surface area contributed by atoms with Gasteiger partial charge in [0.15, 0.2) is 5.65 Å². The molecule has 0 unspecified atom stereocenters. The summed E-state index contributed by atoms with van der Waals surface area (Å²) in [6, 6.07) is 17.6. The minimum Gasteiger partial charge on any atom is -0.384 e. The number of fused-ring (bicyclic) bond motifs is 2. The van der Waals surface area contributed by atoms with Crippen molar-refractivity contribution in [1.29, 1.82) is 0 Å². The number of benzene rings is 3. The highest BCUT2D eigenvalue weighted by molar-refractivity contribution is 7.92. The number of nitrogens with two attached hydrogens (primary N) is 1. The number of hydrogen-bond acceptors (Lipinski definition) is 5. The van der Waals surface area contributed by atoms with Crippen LogP contribution in [0.2, 0.25) is 0 Å². The normalized spacial score (nSPS) is 12.0. The summed E-state index contributed by atoms with van der Waals surface area (Å²) < 4.78 is 42.2. The van der Waals surface area contributed by atoms with Crippen LogP contribution in [-0.2, 0) is 9.84 Å². The van der Waals surface area contributed by atoms with E-state index in [-0.39, 0.29) is 21.1 Å². The molecule has 0 radical (unpaired) electrons. The van der Waals surface area contributed by atoms with Crippen molar-refractivity contribution in [1.82, 2.24) is 14.5 Å². The molecule has 2 heterocycles. The fourth-order valence-corrected chi connectivity index (χ4v) is 5.25. The molecule has 0 saturated carbocycles. The zero-order chi connectivity index (χ0) is 22.6. The topological polar surface area (TPSA) is 90.9 Å². The Labute approximate surface area is 184 Å². The average Bonchev–Trinajstić information content (AvgIpc) is 3.05. The SMILES string of the molecule is Cc1ccc(-n2c(N)c(S(=O)(=O)c3ccc(F)cc3)c3nc4ccccc4nc32)cc1C. The quantitative estimate of drug-likeness (QED) is 0.404. The van der Waals surface area contributed by atoms with E-state index in [4.69, 9.17) is 10.7 Å². The maximum absolute atomic E-state index is 13.6. The van der Waals surface area contributed by atoms with Gasteiger partial charge in [-0.25, -0.2) is 22.8 Å². The Morgan fingerprint density at radius 3 is 2.19 bits per heavy atom. The lowest BCUT2D eigenvalue weighted by atomic mass is 10.1. The molecule has 0 aliphatic rings. The van der Waals surface area contributed by atoms with Crippen LogP contribution in [0.4, 0.5) is 10.2 Å². The van der Waals surface area contributed by atoms with Gasteiger partial charge in [-0.1, -0.05) is 18.2 Å². The van der Waals surface area contributed by atoms with E-state index < -0.39 is 15.7 Å². The number of nitrogen functional groups attached to an aromatic ring is 1. The van der Waals surface area contributed by atoms with Crippen LogP contribution in [0.5, 0.6) is 0 Å². The van der Waals surface area contributed by atoms with Gasteiger partial charge in [-0.3, -0.25) is 4.57 Å². The number of anilines is 1. The highest BCUT2D eigenvalue weighted by atomic mass is 32.2. The summed E-state index contributed by atoms with van der Waals surface area (Å²) in [5.74, 6) is -0.525. The third kappa shape index (κ3) is 3.03. The van der Waals surface area contributed by atoms with Gasteiger partial charge in [0.2, 0.25) is 9.84 Å². The monoisotopic (exact) mass is 446 g/mol. The molecule has 0 aliphatic heterocycles. The second-order valence-corrected chi connectivity index (χ2v) is 9.55. The number of aromatic nitrogens is 3. The van der Waals surface area contributed by atoms with Crippen LogP contribution in [0.25, 0.3) is 27.9 Å². The zero-order valence-electron chi connectivity index (χ0n) is 17.4. The molecule has 0 saturated heterocycles. The predicted molar refractivity (Wildman–Crippen MR) is 122 cm³/mol. The van der Waals surface area contributed by atoms with Crippen molar-refractivity contribution in [2.45, 2.75) is 23.6 Å². The van der Waals surface area contributed by atoms with Gasteiger partial charge in [0.05, 0.1) is 15.9 Å². The van der Waals surface area contributed by atoms with Crippen LogP contribution >= 0.6 is 0 Å². The van der Waals surface area contributed by atoms with Crippen LogP contribution in [0.15, 0.2) is 76.5 Å². The first-order valence-corrected chi connectivity index (χ1v) is 11.4. The number of aryl methyl sites for hydroxylation is 2. The molecule has 6 nitrogen and oxygen atoms in total. The smallest absolute Gasteiger partial charge is 0.212 e. The number of para-hydroxylation sites is 2. The van der Waals surface area contributed by atoms with Gasteiger partial charge in [-0.15, -0.1) is 0 Å². The summed E-state index contributed by atoms with van der Waals surface area (Å²) in [5, 5.41) is 0. The minimum absolute atomic E-state index is 0.00267. The molecule has 8 heteroatoms. The Hall–Kier alpha value is -3.78. The van der Waals surface area contributed by atoms with E-state index in [0.29, 0.717) is 22.4 Å². The average molecular weight is 447 g/mol. The molecule has 5 aromatic rings. The molecule has 0 amide bonds. The molecule has 0 aliphatic carbocycles. The summed E-state index contributed by atoms with van der Waals surface area (Å²) in [6.07, 6.45) is 0. The Bertz CT molecular complexity index is 1620. The van der Waals surface area contributed by atoms with Crippen molar-refractivity contribution in [3.8, 4) is 5.69 Å². The van der Waals surface area contributed by atoms with Crippen LogP contribution in [0.1, 0.15) is 11.1 Å². The van der Waals surface area contributed by atoms with Crippen LogP contribution in [0.3, 0.4) is 0 Å². The zero-order valence-corrected chi connectivity index (χ0v) is 18.2. The second-order valence-electron chi connectivity index (χ2n) is 7.66. The van der Waals surface area contributed by atoms with Gasteiger partial charge in [0.25, 0.3) is 0 Å². The Morgan fingerprint density at radius 2 is 1.53 bits per heavy atom. The summed E-state index contributed by atoms with van der Waals surface area (Å²) in [5.41, 5.74) is 11.0. The van der Waals surface area contributed by atoms with E-state index in [1.807, 2.05) is 44.2 Å². The molecular formula is C24H19FN4O2S. The molecule has 0 bridgehead atoms. The Morgan fingerprint density at radius 1 is 0.875 bits per heavy atom. The Kier molecular flexibility index (Phi) is 4.49. The molecule has 32 heavy (non-hydrogen) atoms. The molecule has 0 fully saturated rings. The van der Waals surface area contributed by atoms with Crippen LogP contribution in [0, 0.1) is 19.7 Å². The fraction of sp³-hybridized carbons (Fsp3) is 0.0833. The molecule has 3 aromatic carbocycles. The van der Waals surface area contributed by atoms with Crippen molar-refractivity contribution in [3.05, 3.63) is 83.7 Å². The van der Waals surface area contributed by atoms with Crippen LogP contribution in [-0.4, -0.2) is 23.0 Å². The second kappa shape index (κ2) is 7.13. The molecule has 0 atom stereocenters. The summed E-state index contributed by atoms with van der Waals surface area (Å²) in [4.78, 5) is 9.11. The lowest BCUT2D eigenvalue weighted by Crippen LogP contribution is -2.07. The summed E-state index contributed by atoms with van der Waals surface area (Å²) >= 11 is 0. The number of halogens is 1. The van der Waals surface area contributed by atoms with E-state index in [9.17, 15) is 12.8 Å². The summed E-state index contributed by atoms with van der Waals surface area (Å²) in [7, 11) is -4.10. The molecule has 5 rings (SSSR count). The molecular weight excluding hydrogens is 427 g/mol. The highest BCUT2D eigenvalue weighted by Crippen LogP contribution is 2.37. The van der Waals surface area contributed by atoms with Crippen molar-refractivity contribution in [2.75, 3.05) is 5.73 Å². The first kappa shape index (κ1) is 20.1. The minimum atomic E-state index is -4.10. The molecule has 160 valence electrons. The van der Waals surface area contributed by atoms with Crippen molar-refractivity contribution < 1.29 is 12.8 Å². The fourth-order valence-electron chi connectivity index (χ4n) is 3.76. The van der Waals surface area contributed by atoms with Gasteiger partial charge in [0.1, 0.15) is 22.0 Å². The van der Waals surface area contributed by atoms with Crippen molar-refractivity contribution >= 4 is 37.9 Å². The number of sulfone groups is 1. The van der Waals surface area contributed by atoms with E-state index in [1.54, 1.807) is 16.7 Å². The largest absolute Gasteiger partial charge is 0.384 e. The third-order valence-corrected chi connectivity index (χ3v) is 7.43. The van der Waals surface area contributed by atoms with E-state index in [0.717, 1.165) is 23.3 Å². The highest BCUT2D eigenvalue weighted by Gasteiger charge is 2.30. The number of hydrogen-bond donors (Lipinski definition) is 1. The third-order valence-electron chi connectivity index (χ3n) is 5.59. The maximum atomic E-state index is 13.6. The van der Waals surface area contributed by atoms with Gasteiger partial charge >= 0.3 is 0 Å². The first-order valence-electron chi connectivity index (χ1n) is 9.92. The van der Waals surface area contributed by atoms with Gasteiger partial charge in [0, 0.05) is 5.69 Å². The Balaban J connectivity index is 1.91. The van der Waals surface area contributed by atoms with Crippen molar-refractivity contribution in [2.24, 2.45) is 0 Å². The summed E-state index contributed by atoms with van der Waals surface area (Å²) in [6.45, 7) is 3.96. The van der Waals surface area contributed by atoms with Gasteiger partial charge in [-0.05, 0) is 73.5 Å². The van der Waals surface area contributed by atoms with E-state index in [2.05, 4.69) is 4.98 Å². The first-order chi connectivity index (χ1) is 15.3.